The number of anilines is 1. The Morgan fingerprint density at radius 2 is 1.38 bits per heavy atom. The lowest BCUT2D eigenvalue weighted by Crippen LogP contribution is -2.53. The fourth-order valence-corrected chi connectivity index (χ4v) is 6.39. The number of hydrogen-bond donors (Lipinski definition) is 1. The molecule has 1 N–H and O–H groups in total. The van der Waals surface area contributed by atoms with Gasteiger partial charge in [0.1, 0.15) is 18.3 Å². The van der Waals surface area contributed by atoms with Crippen LogP contribution in [-0.4, -0.2) is 50.9 Å². The molecule has 4 aromatic rings. The highest BCUT2D eigenvalue weighted by atomic mass is 32.2. The van der Waals surface area contributed by atoms with E-state index in [0.29, 0.717) is 24.6 Å². The molecule has 9 heteroatoms. The molecule has 0 radical (unpaired) electrons. The van der Waals surface area contributed by atoms with Gasteiger partial charge in [-0.25, -0.2) is 8.42 Å². The first-order valence-electron chi connectivity index (χ1n) is 15.1. The summed E-state index contributed by atoms with van der Waals surface area (Å²) < 4.78 is 35.0. The van der Waals surface area contributed by atoms with Crippen molar-refractivity contribution >= 4 is 27.5 Å². The third-order valence-corrected chi connectivity index (χ3v) is 9.21. The summed E-state index contributed by atoms with van der Waals surface area (Å²) in [4.78, 5) is 29.6. The molecular weight excluding hydrogens is 586 g/mol. The maximum Gasteiger partial charge on any atom is 0.264 e. The van der Waals surface area contributed by atoms with E-state index in [9.17, 15) is 18.0 Å². The molecule has 0 saturated carbocycles. The molecule has 0 aromatic heterocycles. The van der Waals surface area contributed by atoms with Crippen LogP contribution in [0.25, 0.3) is 0 Å². The number of ether oxygens (including phenoxy) is 1. The zero-order valence-corrected chi connectivity index (χ0v) is 27.1. The molecule has 0 unspecified atom stereocenters. The average Bonchev–Trinajstić information content (AvgIpc) is 3.03. The van der Waals surface area contributed by atoms with E-state index in [1.54, 1.807) is 36.4 Å². The molecular formula is C36H41N3O5S. The van der Waals surface area contributed by atoms with E-state index < -0.39 is 28.5 Å². The molecule has 0 heterocycles. The molecule has 0 bridgehead atoms. The van der Waals surface area contributed by atoms with E-state index in [1.165, 1.54) is 17.0 Å². The zero-order valence-electron chi connectivity index (χ0n) is 26.3. The molecule has 4 rings (SSSR count). The Labute approximate surface area is 266 Å². The quantitative estimate of drug-likeness (QED) is 0.194. The number of hydrogen-bond acceptors (Lipinski definition) is 5. The van der Waals surface area contributed by atoms with Crippen LogP contribution < -0.4 is 14.4 Å². The fraction of sp³-hybridized carbons (Fsp3) is 0.278. The van der Waals surface area contributed by atoms with Crippen LogP contribution in [-0.2, 0) is 32.6 Å². The second-order valence-corrected chi connectivity index (χ2v) is 12.7. The van der Waals surface area contributed by atoms with Crippen LogP contribution in [0.2, 0.25) is 0 Å². The highest BCUT2D eigenvalue weighted by Gasteiger charge is 2.34. The standard InChI is InChI=1S/C36H41N3O5S/c1-5-37-36(41)34(24-29-10-8-7-9-11-29)38(25-30-16-12-27(3)13-17-30)35(40)26-39(31-18-20-32(21-19-31)44-6-2)45(42,43)33-22-14-28(4)15-23-33/h7-23,34H,5-6,24-26H2,1-4H3,(H,37,41)/t34-/m1/s1. The van der Waals surface area contributed by atoms with Gasteiger partial charge in [0.2, 0.25) is 11.8 Å². The summed E-state index contributed by atoms with van der Waals surface area (Å²) in [7, 11) is -4.17. The monoisotopic (exact) mass is 627 g/mol. The lowest BCUT2D eigenvalue weighted by molar-refractivity contribution is -0.140. The lowest BCUT2D eigenvalue weighted by Gasteiger charge is -2.34. The zero-order chi connectivity index (χ0) is 32.4. The Kier molecular flexibility index (Phi) is 11.4. The van der Waals surface area contributed by atoms with Crippen molar-refractivity contribution in [2.45, 2.75) is 51.6 Å². The van der Waals surface area contributed by atoms with Crippen molar-refractivity contribution in [2.24, 2.45) is 0 Å². The topological polar surface area (TPSA) is 96.0 Å². The maximum absolute atomic E-state index is 14.5. The van der Waals surface area contributed by atoms with E-state index in [2.05, 4.69) is 5.32 Å². The number of amides is 2. The summed E-state index contributed by atoms with van der Waals surface area (Å²) in [5, 5.41) is 2.88. The number of benzene rings is 4. The van der Waals surface area contributed by atoms with Gasteiger partial charge in [-0.3, -0.25) is 13.9 Å². The molecule has 0 aliphatic carbocycles. The number of aryl methyl sites for hydroxylation is 2. The van der Waals surface area contributed by atoms with Crippen LogP contribution >= 0.6 is 0 Å². The van der Waals surface area contributed by atoms with E-state index >= 15 is 0 Å². The predicted molar refractivity (Wildman–Crippen MR) is 178 cm³/mol. The molecule has 45 heavy (non-hydrogen) atoms. The minimum Gasteiger partial charge on any atom is -0.494 e. The first-order valence-corrected chi connectivity index (χ1v) is 16.5. The van der Waals surface area contributed by atoms with Gasteiger partial charge in [-0.2, -0.15) is 0 Å². The Hall–Kier alpha value is -4.63. The minimum atomic E-state index is -4.17. The van der Waals surface area contributed by atoms with E-state index in [4.69, 9.17) is 4.74 Å². The van der Waals surface area contributed by atoms with Crippen LogP contribution in [0.5, 0.6) is 5.75 Å². The van der Waals surface area contributed by atoms with E-state index in [0.717, 1.165) is 26.6 Å². The second-order valence-electron chi connectivity index (χ2n) is 10.9. The first-order chi connectivity index (χ1) is 21.6. The average molecular weight is 628 g/mol. The van der Waals surface area contributed by atoms with Gasteiger partial charge in [0.05, 0.1) is 17.2 Å². The van der Waals surface area contributed by atoms with Crippen molar-refractivity contribution in [2.75, 3.05) is 24.0 Å². The molecule has 4 aromatic carbocycles. The molecule has 1 atom stereocenters. The number of carbonyl (C=O) groups excluding carboxylic acids is 2. The molecule has 236 valence electrons. The van der Waals surface area contributed by atoms with Crippen LogP contribution in [0.4, 0.5) is 5.69 Å². The van der Waals surface area contributed by atoms with Crippen LogP contribution in [0.3, 0.4) is 0 Å². The van der Waals surface area contributed by atoms with Gasteiger partial charge in [0.25, 0.3) is 10.0 Å². The van der Waals surface area contributed by atoms with Crippen molar-refractivity contribution in [1.29, 1.82) is 0 Å². The van der Waals surface area contributed by atoms with E-state index in [1.807, 2.05) is 82.3 Å². The summed E-state index contributed by atoms with van der Waals surface area (Å²) in [6.45, 7) is 7.99. The largest absolute Gasteiger partial charge is 0.494 e. The number of nitrogens with zero attached hydrogens (tertiary/aromatic N) is 2. The Morgan fingerprint density at radius 3 is 1.96 bits per heavy atom. The van der Waals surface area contributed by atoms with Gasteiger partial charge in [0, 0.05) is 19.5 Å². The molecule has 0 saturated heterocycles. The van der Waals surface area contributed by atoms with Gasteiger partial charge in [0.15, 0.2) is 0 Å². The normalized spacial score (nSPS) is 11.8. The van der Waals surface area contributed by atoms with Crippen molar-refractivity contribution < 1.29 is 22.7 Å². The highest BCUT2D eigenvalue weighted by molar-refractivity contribution is 7.92. The molecule has 0 aliphatic rings. The van der Waals surface area contributed by atoms with Gasteiger partial charge < -0.3 is 15.0 Å². The summed E-state index contributed by atoms with van der Waals surface area (Å²) in [5.41, 5.74) is 3.98. The maximum atomic E-state index is 14.5. The number of likely N-dealkylation sites (N-methyl/N-ethyl adjacent to an activating group) is 1. The SMILES string of the molecule is CCNC(=O)[C@@H](Cc1ccccc1)N(Cc1ccc(C)cc1)C(=O)CN(c1ccc(OCC)cc1)S(=O)(=O)c1ccc(C)cc1. The highest BCUT2D eigenvalue weighted by Crippen LogP contribution is 2.27. The third-order valence-electron chi connectivity index (χ3n) is 7.42. The van der Waals surface area contributed by atoms with Crippen LogP contribution in [0.15, 0.2) is 108 Å². The van der Waals surface area contributed by atoms with Gasteiger partial charge in [-0.15, -0.1) is 0 Å². The molecule has 2 amide bonds. The Morgan fingerprint density at radius 1 is 0.778 bits per heavy atom. The number of carbonyl (C=O) groups is 2. The molecule has 0 aliphatic heterocycles. The smallest absolute Gasteiger partial charge is 0.264 e. The van der Waals surface area contributed by atoms with Crippen LogP contribution in [0, 0.1) is 13.8 Å². The Balaban J connectivity index is 1.79. The third kappa shape index (κ3) is 8.73. The fourth-order valence-electron chi connectivity index (χ4n) is 4.98. The molecule has 0 fully saturated rings. The minimum absolute atomic E-state index is 0.0597. The summed E-state index contributed by atoms with van der Waals surface area (Å²) in [6, 6.07) is 29.5. The van der Waals surface area contributed by atoms with Gasteiger partial charge >= 0.3 is 0 Å². The lowest BCUT2D eigenvalue weighted by atomic mass is 10.0. The summed E-state index contributed by atoms with van der Waals surface area (Å²) in [5.74, 6) is -0.233. The van der Waals surface area contributed by atoms with Crippen LogP contribution in [0.1, 0.15) is 36.1 Å². The van der Waals surface area contributed by atoms with Gasteiger partial charge in [-0.1, -0.05) is 77.9 Å². The Bertz CT molecular complexity index is 1660. The molecule has 0 spiro atoms. The number of sulfonamides is 1. The number of rotatable bonds is 14. The first kappa shape index (κ1) is 33.3. The second kappa shape index (κ2) is 15.4. The van der Waals surface area contributed by atoms with Crippen molar-refractivity contribution in [3.05, 3.63) is 125 Å². The number of nitrogens with one attached hydrogen (secondary N) is 1. The summed E-state index contributed by atoms with van der Waals surface area (Å²) in [6.07, 6.45) is 0.262. The molecule has 8 nitrogen and oxygen atoms in total. The summed E-state index contributed by atoms with van der Waals surface area (Å²) >= 11 is 0. The van der Waals surface area contributed by atoms with Crippen molar-refractivity contribution in [1.82, 2.24) is 10.2 Å². The van der Waals surface area contributed by atoms with Gasteiger partial charge in [-0.05, 0) is 75.2 Å². The van der Waals surface area contributed by atoms with E-state index in [-0.39, 0.29) is 23.8 Å². The predicted octanol–water partition coefficient (Wildman–Crippen LogP) is 5.67. The van der Waals surface area contributed by atoms with Crippen molar-refractivity contribution in [3.63, 3.8) is 0 Å². The van der Waals surface area contributed by atoms with Crippen molar-refractivity contribution in [3.8, 4) is 5.75 Å².